The van der Waals surface area contributed by atoms with Gasteiger partial charge in [-0.05, 0) is 102 Å². The van der Waals surface area contributed by atoms with Crippen LogP contribution in [0.2, 0.25) is 0 Å². The summed E-state index contributed by atoms with van der Waals surface area (Å²) in [6, 6.07) is 7.12. The molecule has 9 rings (SSSR count). The summed E-state index contributed by atoms with van der Waals surface area (Å²) in [5.41, 5.74) is 10.4. The van der Waals surface area contributed by atoms with E-state index in [9.17, 15) is 19.2 Å². The van der Waals surface area contributed by atoms with E-state index in [0.29, 0.717) is 24.9 Å². The Kier molecular flexibility index (Phi) is 11.5. The molecule has 1 unspecified atom stereocenters. The van der Waals surface area contributed by atoms with Gasteiger partial charge in [-0.1, -0.05) is 83.2 Å². The lowest BCUT2D eigenvalue weighted by molar-refractivity contribution is -0.141. The third-order valence-electron chi connectivity index (χ3n) is 14.4. The number of rotatable bonds is 11. The number of aromatic nitrogens is 4. The maximum atomic E-state index is 14.1. The molecule has 1 saturated carbocycles. The van der Waals surface area contributed by atoms with Crippen LogP contribution in [0.4, 0.5) is 9.59 Å². The van der Waals surface area contributed by atoms with Gasteiger partial charge in [-0.25, -0.2) is 19.6 Å². The molecular formula is C50H60N8O6. The minimum Gasteiger partial charge on any atom is -0.453 e. The highest BCUT2D eigenvalue weighted by molar-refractivity contribution is 5.92. The van der Waals surface area contributed by atoms with E-state index in [0.717, 1.165) is 90.2 Å². The minimum atomic E-state index is -0.713. The van der Waals surface area contributed by atoms with Crippen LogP contribution in [0.1, 0.15) is 107 Å². The number of aromatic amines is 2. The van der Waals surface area contributed by atoms with Gasteiger partial charge in [-0.3, -0.25) is 9.59 Å². The SMILES string of the molecule is COC(=O)N[C@H](C(=O)N1C[C@@H](C)CCC1c1nc(-c2ccc(-c3ccc(-c4c[nH]c([C@@]56CC[C@@H](CN5C(=O)[C@@H](NC(=O)OC)C(C)C)C6)n4)c4c3C=CC4)c3c2CC=C3)c[nH]1)C(C)C. The van der Waals surface area contributed by atoms with Crippen molar-refractivity contribution < 1.29 is 28.7 Å². The first-order valence-corrected chi connectivity index (χ1v) is 22.9. The number of methoxy groups -OCH3 is 2. The predicted molar refractivity (Wildman–Crippen MR) is 244 cm³/mol. The number of amides is 4. The maximum absolute atomic E-state index is 14.1. The van der Waals surface area contributed by atoms with Crippen molar-refractivity contribution in [1.29, 1.82) is 0 Å². The largest absolute Gasteiger partial charge is 0.453 e. The molecule has 14 heteroatoms. The van der Waals surface area contributed by atoms with Crippen LogP contribution in [0.15, 0.2) is 48.8 Å². The van der Waals surface area contributed by atoms with Crippen LogP contribution < -0.4 is 10.6 Å². The number of carbonyl (C=O) groups excluding carboxylic acids is 4. The molecule has 2 bridgehead atoms. The Hall–Kier alpha value is -6.18. The van der Waals surface area contributed by atoms with Gasteiger partial charge in [0.05, 0.1) is 31.6 Å². The topological polar surface area (TPSA) is 175 Å². The molecule has 4 N–H and O–H groups in total. The number of nitrogens with zero attached hydrogens (tertiary/aromatic N) is 4. The van der Waals surface area contributed by atoms with E-state index < -0.39 is 29.8 Å². The fourth-order valence-electron chi connectivity index (χ4n) is 11.1. The molecule has 6 atom stereocenters. The Morgan fingerprint density at radius 3 is 1.88 bits per heavy atom. The molecule has 336 valence electrons. The van der Waals surface area contributed by atoms with Crippen LogP contribution in [0.3, 0.4) is 0 Å². The Balaban J connectivity index is 0.991. The second-order valence-electron chi connectivity index (χ2n) is 19.1. The third-order valence-corrected chi connectivity index (χ3v) is 14.4. The van der Waals surface area contributed by atoms with Crippen molar-refractivity contribution in [2.45, 2.75) is 103 Å². The quantitative estimate of drug-likeness (QED) is 0.117. The van der Waals surface area contributed by atoms with Crippen molar-refractivity contribution in [2.24, 2.45) is 23.7 Å². The number of hydrogen-bond donors (Lipinski definition) is 4. The van der Waals surface area contributed by atoms with Gasteiger partial charge in [0.25, 0.3) is 0 Å². The molecule has 64 heavy (non-hydrogen) atoms. The zero-order chi connectivity index (χ0) is 45.0. The molecule has 2 aromatic heterocycles. The average molecular weight is 869 g/mol. The fourth-order valence-corrected chi connectivity index (χ4v) is 11.1. The van der Waals surface area contributed by atoms with E-state index in [1.807, 2.05) is 49.9 Å². The Morgan fingerprint density at radius 1 is 0.734 bits per heavy atom. The smallest absolute Gasteiger partial charge is 0.407 e. The molecule has 0 radical (unpaired) electrons. The van der Waals surface area contributed by atoms with Crippen LogP contribution in [0, 0.1) is 23.7 Å². The van der Waals surface area contributed by atoms with Crippen LogP contribution in [-0.4, -0.2) is 93.1 Å². The van der Waals surface area contributed by atoms with E-state index in [1.54, 1.807) is 0 Å². The number of ether oxygens (including phenoxy) is 2. The van der Waals surface area contributed by atoms with Gasteiger partial charge >= 0.3 is 12.2 Å². The molecule has 3 aliphatic carbocycles. The van der Waals surface area contributed by atoms with Gasteiger partial charge in [-0.2, -0.15) is 0 Å². The molecule has 2 aromatic carbocycles. The molecule has 2 saturated heterocycles. The zero-order valence-electron chi connectivity index (χ0n) is 37.9. The summed E-state index contributed by atoms with van der Waals surface area (Å²) >= 11 is 0. The van der Waals surface area contributed by atoms with Gasteiger partial charge in [0.15, 0.2) is 0 Å². The summed E-state index contributed by atoms with van der Waals surface area (Å²) < 4.78 is 9.72. The molecule has 14 nitrogen and oxygen atoms in total. The standard InChI is InChI=1S/C50H60N8O6/c1-27(2)42(55-48(61)63-6)45(59)57-25-29(5)14-19-41(57)44-51-23-39(53-44)37-17-15-35(31-10-8-12-33(31)37)36-16-18-38(34-13-9-11-32(34)36)40-24-52-47(54-40)50-21-20-30(22-50)26-58(50)46(60)43(28(3)4)56-49(62)64-7/h8-11,15-18,23-24,27-30,41-43H,12-14,19-22,25-26H2,1-7H3,(H,51,53)(H,52,54)(H,55,61)(H,56,62)/t29-,30+,41?,42-,43-,50-/m0/s1. The van der Waals surface area contributed by atoms with Crippen LogP contribution >= 0.6 is 0 Å². The third kappa shape index (κ3) is 7.47. The summed E-state index contributed by atoms with van der Waals surface area (Å²) in [4.78, 5) is 73.9. The average Bonchev–Trinajstić information content (AvgIpc) is 4.16. The summed E-state index contributed by atoms with van der Waals surface area (Å²) in [7, 11) is 2.62. The number of allylic oxidation sites excluding steroid dienone is 2. The summed E-state index contributed by atoms with van der Waals surface area (Å²) in [6.07, 6.45) is 17.6. The van der Waals surface area contributed by atoms with Crippen molar-refractivity contribution >= 4 is 36.2 Å². The highest BCUT2D eigenvalue weighted by atomic mass is 16.5. The van der Waals surface area contributed by atoms with E-state index >= 15 is 0 Å². The number of H-pyrrole nitrogens is 2. The van der Waals surface area contributed by atoms with Gasteiger partial charge in [0.1, 0.15) is 29.3 Å². The molecule has 2 aliphatic heterocycles. The van der Waals surface area contributed by atoms with Crippen molar-refractivity contribution in [3.8, 4) is 33.6 Å². The van der Waals surface area contributed by atoms with Crippen LogP contribution in [0.5, 0.6) is 0 Å². The van der Waals surface area contributed by atoms with Gasteiger partial charge in [0, 0.05) is 36.6 Å². The van der Waals surface area contributed by atoms with Gasteiger partial charge in [-0.15, -0.1) is 0 Å². The van der Waals surface area contributed by atoms with Crippen LogP contribution in [-0.2, 0) is 37.4 Å². The lowest BCUT2D eigenvalue weighted by Crippen LogP contribution is -2.56. The first-order chi connectivity index (χ1) is 30.8. The highest BCUT2D eigenvalue weighted by Crippen LogP contribution is 2.53. The molecule has 4 aromatic rings. The number of hydrogen-bond acceptors (Lipinski definition) is 8. The number of carbonyl (C=O) groups is 4. The van der Waals surface area contributed by atoms with E-state index in [-0.39, 0.29) is 29.7 Å². The van der Waals surface area contributed by atoms with E-state index in [1.165, 1.54) is 36.5 Å². The second kappa shape index (κ2) is 17.1. The second-order valence-corrected chi connectivity index (χ2v) is 19.1. The first kappa shape index (κ1) is 43.1. The van der Waals surface area contributed by atoms with E-state index in [2.05, 4.69) is 76.1 Å². The fraction of sp³-hybridized carbons (Fsp3) is 0.480. The lowest BCUT2D eigenvalue weighted by atomic mass is 9.87. The highest BCUT2D eigenvalue weighted by Gasteiger charge is 2.56. The van der Waals surface area contributed by atoms with Crippen molar-refractivity contribution in [3.63, 3.8) is 0 Å². The summed E-state index contributed by atoms with van der Waals surface area (Å²) in [5.74, 6) is 1.78. The Morgan fingerprint density at radius 2 is 1.30 bits per heavy atom. The van der Waals surface area contributed by atoms with E-state index in [4.69, 9.17) is 19.4 Å². The molecule has 0 spiro atoms. The van der Waals surface area contributed by atoms with Gasteiger partial charge < -0.3 is 39.9 Å². The molecule has 4 heterocycles. The predicted octanol–water partition coefficient (Wildman–Crippen LogP) is 8.17. The number of piperidine rings is 2. The normalized spacial score (nSPS) is 22.8. The molecule has 5 aliphatic rings. The maximum Gasteiger partial charge on any atom is 0.407 e. The number of nitrogens with one attached hydrogen (secondary N) is 4. The first-order valence-electron chi connectivity index (χ1n) is 22.9. The molecule has 4 amide bonds. The van der Waals surface area contributed by atoms with Crippen molar-refractivity contribution in [1.82, 2.24) is 40.4 Å². The molecule has 3 fully saturated rings. The number of fused-ring (bicyclic) bond motifs is 4. The summed E-state index contributed by atoms with van der Waals surface area (Å²) in [5, 5.41) is 5.55. The number of alkyl carbamates (subject to hydrolysis) is 2. The van der Waals surface area contributed by atoms with Crippen molar-refractivity contribution in [3.05, 3.63) is 82.7 Å². The number of likely N-dealkylation sites (tertiary alicyclic amines) is 2. The number of imidazole rings is 2. The summed E-state index contributed by atoms with van der Waals surface area (Å²) in [6.45, 7) is 11.1. The number of benzene rings is 2. The van der Waals surface area contributed by atoms with Crippen molar-refractivity contribution in [2.75, 3.05) is 27.3 Å². The van der Waals surface area contributed by atoms with Gasteiger partial charge in [0.2, 0.25) is 11.8 Å². The minimum absolute atomic E-state index is 0.0982. The Labute approximate surface area is 374 Å². The zero-order valence-corrected chi connectivity index (χ0v) is 37.9. The van der Waals surface area contributed by atoms with Crippen LogP contribution in [0.25, 0.3) is 45.8 Å². The molecular weight excluding hydrogens is 809 g/mol. The monoisotopic (exact) mass is 868 g/mol. The lowest BCUT2D eigenvalue weighted by Gasteiger charge is -2.40. The Bertz CT molecular complexity index is 2550.